The van der Waals surface area contributed by atoms with Crippen LogP contribution in [-0.2, 0) is 9.59 Å². The van der Waals surface area contributed by atoms with Crippen LogP contribution in [0.25, 0.3) is 0 Å². The second-order valence-corrected chi connectivity index (χ2v) is 6.06. The van der Waals surface area contributed by atoms with Gasteiger partial charge in [0, 0.05) is 5.92 Å². The lowest BCUT2D eigenvalue weighted by atomic mass is 9.83. The van der Waals surface area contributed by atoms with E-state index in [0.717, 1.165) is 6.42 Å². The van der Waals surface area contributed by atoms with Crippen LogP contribution < -0.4 is 5.32 Å². The molecule has 0 aromatic carbocycles. The highest BCUT2D eigenvalue weighted by Gasteiger charge is 2.31. The summed E-state index contributed by atoms with van der Waals surface area (Å²) in [5, 5.41) is 11.6. The van der Waals surface area contributed by atoms with Gasteiger partial charge in [0.2, 0.25) is 5.91 Å². The van der Waals surface area contributed by atoms with Crippen LogP contribution in [0.2, 0.25) is 0 Å². The number of carboxylic acid groups (broad SMARTS) is 1. The minimum atomic E-state index is -1.18. The summed E-state index contributed by atoms with van der Waals surface area (Å²) in [6.45, 7) is 4.92. The van der Waals surface area contributed by atoms with Crippen LogP contribution in [-0.4, -0.2) is 22.5 Å². The first-order valence-corrected chi connectivity index (χ1v) is 6.88. The zero-order chi connectivity index (χ0) is 13.8. The molecule has 4 heteroatoms. The minimum Gasteiger partial charge on any atom is -0.480 e. The summed E-state index contributed by atoms with van der Waals surface area (Å²) in [6.07, 6.45) is 7.13. The Kier molecular flexibility index (Phi) is 5.17. The molecule has 1 amide bonds. The van der Waals surface area contributed by atoms with E-state index in [1.54, 1.807) is 0 Å². The normalized spacial score (nSPS) is 19.3. The Balaban J connectivity index is 2.43. The van der Waals surface area contributed by atoms with Gasteiger partial charge in [-0.05, 0) is 26.2 Å². The Labute approximate surface area is 109 Å². The van der Waals surface area contributed by atoms with Crippen molar-refractivity contribution in [3.8, 4) is 0 Å². The first-order valence-electron chi connectivity index (χ1n) is 6.88. The number of carbonyl (C=O) groups is 2. The van der Waals surface area contributed by atoms with Gasteiger partial charge in [-0.15, -0.1) is 0 Å². The quantitative estimate of drug-likeness (QED) is 0.793. The van der Waals surface area contributed by atoms with E-state index in [9.17, 15) is 9.59 Å². The van der Waals surface area contributed by atoms with Gasteiger partial charge in [0.1, 0.15) is 5.54 Å². The van der Waals surface area contributed by atoms with E-state index in [1.165, 1.54) is 46.0 Å². The second-order valence-electron chi connectivity index (χ2n) is 6.06. The van der Waals surface area contributed by atoms with Crippen LogP contribution in [0.3, 0.4) is 0 Å². The molecule has 1 aliphatic carbocycles. The largest absolute Gasteiger partial charge is 0.480 e. The average molecular weight is 255 g/mol. The summed E-state index contributed by atoms with van der Waals surface area (Å²) >= 11 is 0. The molecule has 0 saturated heterocycles. The molecule has 1 saturated carbocycles. The zero-order valence-corrected chi connectivity index (χ0v) is 11.7. The van der Waals surface area contributed by atoms with E-state index in [-0.39, 0.29) is 11.8 Å². The fraction of sp³-hybridized carbons (Fsp3) is 0.857. The van der Waals surface area contributed by atoms with Crippen molar-refractivity contribution < 1.29 is 14.7 Å². The number of nitrogens with one attached hydrogen (secondary N) is 1. The standard InChI is InChI=1S/C14H25NO3/c1-10(9-11-7-5-4-6-8-11)12(16)15-14(2,3)13(17)18/h10-11H,4-9H2,1-3H3,(H,15,16)(H,17,18). The SMILES string of the molecule is CC(CC1CCCCC1)C(=O)NC(C)(C)C(=O)O. The maximum absolute atomic E-state index is 12.0. The van der Waals surface area contributed by atoms with Crippen molar-refractivity contribution in [2.45, 2.75) is 64.8 Å². The Morgan fingerprint density at radius 1 is 1.28 bits per heavy atom. The van der Waals surface area contributed by atoms with E-state index in [1.807, 2.05) is 6.92 Å². The summed E-state index contributed by atoms with van der Waals surface area (Å²) in [4.78, 5) is 22.9. The van der Waals surface area contributed by atoms with Gasteiger partial charge in [-0.2, -0.15) is 0 Å². The molecule has 0 radical (unpaired) electrons. The van der Waals surface area contributed by atoms with Crippen LogP contribution in [0.1, 0.15) is 59.3 Å². The molecule has 18 heavy (non-hydrogen) atoms. The summed E-state index contributed by atoms with van der Waals surface area (Å²) in [6, 6.07) is 0. The topological polar surface area (TPSA) is 66.4 Å². The fourth-order valence-electron chi connectivity index (χ4n) is 2.51. The smallest absolute Gasteiger partial charge is 0.328 e. The molecule has 1 rings (SSSR count). The van der Waals surface area contributed by atoms with Crippen LogP contribution in [0.4, 0.5) is 0 Å². The van der Waals surface area contributed by atoms with Crippen molar-refractivity contribution in [3.05, 3.63) is 0 Å². The molecule has 0 spiro atoms. The first kappa shape index (κ1) is 15.0. The monoisotopic (exact) mass is 255 g/mol. The molecule has 4 nitrogen and oxygen atoms in total. The first-order chi connectivity index (χ1) is 8.33. The lowest BCUT2D eigenvalue weighted by Crippen LogP contribution is -2.51. The lowest BCUT2D eigenvalue weighted by Gasteiger charge is -2.27. The van der Waals surface area contributed by atoms with Crippen molar-refractivity contribution in [2.24, 2.45) is 11.8 Å². The van der Waals surface area contributed by atoms with Gasteiger partial charge in [0.15, 0.2) is 0 Å². The minimum absolute atomic E-state index is 0.105. The van der Waals surface area contributed by atoms with Gasteiger partial charge >= 0.3 is 5.97 Å². The summed E-state index contributed by atoms with van der Waals surface area (Å²) in [7, 11) is 0. The van der Waals surface area contributed by atoms with E-state index >= 15 is 0 Å². The number of hydrogen-bond donors (Lipinski definition) is 2. The molecular formula is C14H25NO3. The van der Waals surface area contributed by atoms with Crippen molar-refractivity contribution in [2.75, 3.05) is 0 Å². The third kappa shape index (κ3) is 4.31. The Hall–Kier alpha value is -1.06. The van der Waals surface area contributed by atoms with Crippen molar-refractivity contribution in [1.82, 2.24) is 5.32 Å². The van der Waals surface area contributed by atoms with E-state index < -0.39 is 11.5 Å². The highest BCUT2D eigenvalue weighted by atomic mass is 16.4. The van der Waals surface area contributed by atoms with Gasteiger partial charge in [-0.25, -0.2) is 4.79 Å². The molecule has 104 valence electrons. The molecule has 0 aromatic rings. The van der Waals surface area contributed by atoms with Crippen LogP contribution in [0, 0.1) is 11.8 Å². The molecule has 0 heterocycles. The molecule has 2 N–H and O–H groups in total. The van der Waals surface area contributed by atoms with Gasteiger partial charge in [0.25, 0.3) is 0 Å². The number of rotatable bonds is 5. The van der Waals surface area contributed by atoms with Gasteiger partial charge in [-0.3, -0.25) is 4.79 Å². The zero-order valence-electron chi connectivity index (χ0n) is 11.7. The van der Waals surface area contributed by atoms with E-state index in [4.69, 9.17) is 5.11 Å². The highest BCUT2D eigenvalue weighted by Crippen LogP contribution is 2.29. The molecule has 1 unspecified atom stereocenters. The Bertz CT molecular complexity index is 306. The van der Waals surface area contributed by atoms with Gasteiger partial charge in [-0.1, -0.05) is 39.0 Å². The maximum Gasteiger partial charge on any atom is 0.328 e. The molecule has 1 atom stereocenters. The predicted octanol–water partition coefficient (Wildman–Crippen LogP) is 2.57. The second kappa shape index (κ2) is 6.21. The molecule has 0 bridgehead atoms. The molecule has 0 aliphatic heterocycles. The van der Waals surface area contributed by atoms with Crippen molar-refractivity contribution in [1.29, 1.82) is 0 Å². The maximum atomic E-state index is 12.0. The average Bonchev–Trinajstić information content (AvgIpc) is 2.29. The summed E-state index contributed by atoms with van der Waals surface area (Å²) in [5.41, 5.74) is -1.18. The number of hydrogen-bond acceptors (Lipinski definition) is 2. The number of amides is 1. The van der Waals surface area contributed by atoms with Crippen LogP contribution >= 0.6 is 0 Å². The number of carboxylic acids is 1. The molecule has 0 aromatic heterocycles. The van der Waals surface area contributed by atoms with Crippen LogP contribution in [0.5, 0.6) is 0 Å². The third-order valence-corrected chi connectivity index (χ3v) is 3.83. The fourth-order valence-corrected chi connectivity index (χ4v) is 2.51. The lowest BCUT2D eigenvalue weighted by molar-refractivity contribution is -0.146. The Morgan fingerprint density at radius 3 is 2.33 bits per heavy atom. The van der Waals surface area contributed by atoms with E-state index in [2.05, 4.69) is 5.32 Å². The third-order valence-electron chi connectivity index (χ3n) is 3.83. The number of carbonyl (C=O) groups excluding carboxylic acids is 1. The summed E-state index contributed by atoms with van der Waals surface area (Å²) < 4.78 is 0. The molecule has 1 aliphatic rings. The van der Waals surface area contributed by atoms with Gasteiger partial charge < -0.3 is 10.4 Å². The van der Waals surface area contributed by atoms with Crippen molar-refractivity contribution >= 4 is 11.9 Å². The summed E-state index contributed by atoms with van der Waals surface area (Å²) in [5.74, 6) is -0.618. The van der Waals surface area contributed by atoms with E-state index in [0.29, 0.717) is 5.92 Å². The van der Waals surface area contributed by atoms with Crippen LogP contribution in [0.15, 0.2) is 0 Å². The predicted molar refractivity (Wildman–Crippen MR) is 70.2 cm³/mol. The van der Waals surface area contributed by atoms with Crippen molar-refractivity contribution in [3.63, 3.8) is 0 Å². The van der Waals surface area contributed by atoms with Gasteiger partial charge in [0.05, 0.1) is 0 Å². The number of aliphatic carboxylic acids is 1. The molecular weight excluding hydrogens is 230 g/mol. The Morgan fingerprint density at radius 2 is 1.83 bits per heavy atom. The molecule has 1 fully saturated rings. The highest BCUT2D eigenvalue weighted by molar-refractivity contribution is 5.87.